The molecule has 0 unspecified atom stereocenters. The Morgan fingerprint density at radius 2 is 1.07 bits per heavy atom. The molecule has 1 saturated heterocycles. The van der Waals surface area contributed by atoms with E-state index in [4.69, 9.17) is 10.2 Å². The summed E-state index contributed by atoms with van der Waals surface area (Å²) >= 11 is 0. The molecule has 0 aliphatic carbocycles. The van der Waals surface area contributed by atoms with Gasteiger partial charge in [0, 0.05) is 25.7 Å². The molecule has 12 heteroatoms. The van der Waals surface area contributed by atoms with Crippen LogP contribution < -0.4 is 5.32 Å². The number of hydrogen-bond donors (Lipinski definition) is 11. The van der Waals surface area contributed by atoms with Crippen molar-refractivity contribution in [1.29, 1.82) is 0 Å². The van der Waals surface area contributed by atoms with Gasteiger partial charge in [0.2, 0.25) is 0 Å². The highest BCUT2D eigenvalue weighted by Gasteiger charge is 2.36. The van der Waals surface area contributed by atoms with Gasteiger partial charge in [-0.15, -0.1) is 0 Å². The summed E-state index contributed by atoms with van der Waals surface area (Å²) in [5.41, 5.74) is 0. The van der Waals surface area contributed by atoms with E-state index in [1.807, 2.05) is 0 Å². The van der Waals surface area contributed by atoms with Gasteiger partial charge < -0.3 is 56.4 Å². The Kier molecular flexibility index (Phi) is 11.2. The molecule has 1 heterocycles. The number of nitrogens with one attached hydrogen (secondary N) is 1. The van der Waals surface area contributed by atoms with Crippen molar-refractivity contribution in [3.8, 4) is 0 Å². The summed E-state index contributed by atoms with van der Waals surface area (Å²) in [5, 5.41) is 99.5. The Bertz CT molecular complexity index is 398. The lowest BCUT2D eigenvalue weighted by Gasteiger charge is -2.36. The zero-order chi connectivity index (χ0) is 21.4. The standard InChI is InChI=1S/C16H34N2O10/c19-6-11(23)15(27)13(25)9(21)4-18(8-1-2-17-3-8)5-10(22)14(26)16(28)12(24)7-20/h8-17,19-28H,1-7H2/t8-,9+,10+,11-,12-,13-,14-,15-,16-/m1/s1. The van der Waals surface area contributed by atoms with E-state index in [0.29, 0.717) is 19.5 Å². The molecule has 28 heavy (non-hydrogen) atoms. The number of rotatable bonds is 13. The molecule has 1 fully saturated rings. The summed E-state index contributed by atoms with van der Waals surface area (Å²) in [5.74, 6) is 0. The van der Waals surface area contributed by atoms with Gasteiger partial charge in [0.25, 0.3) is 0 Å². The molecule has 0 bridgehead atoms. The summed E-state index contributed by atoms with van der Waals surface area (Å²) < 4.78 is 0. The molecule has 0 amide bonds. The molecule has 0 aromatic rings. The fourth-order valence-corrected chi connectivity index (χ4v) is 3.15. The van der Waals surface area contributed by atoms with Crippen LogP contribution in [0.4, 0.5) is 0 Å². The van der Waals surface area contributed by atoms with Crippen LogP contribution in [-0.2, 0) is 0 Å². The Morgan fingerprint density at radius 3 is 1.39 bits per heavy atom. The highest BCUT2D eigenvalue weighted by atomic mass is 16.4. The molecule has 0 spiro atoms. The van der Waals surface area contributed by atoms with Gasteiger partial charge in [0.05, 0.1) is 25.4 Å². The monoisotopic (exact) mass is 414 g/mol. The van der Waals surface area contributed by atoms with Crippen LogP contribution in [0.5, 0.6) is 0 Å². The maximum atomic E-state index is 10.2. The van der Waals surface area contributed by atoms with Crippen LogP contribution in [0, 0.1) is 0 Å². The summed E-state index contributed by atoms with van der Waals surface area (Å²) in [4.78, 5) is 1.54. The zero-order valence-electron chi connectivity index (χ0n) is 15.6. The zero-order valence-corrected chi connectivity index (χ0v) is 15.6. The van der Waals surface area contributed by atoms with E-state index in [0.717, 1.165) is 0 Å². The van der Waals surface area contributed by atoms with Gasteiger partial charge in [-0.1, -0.05) is 0 Å². The molecule has 12 nitrogen and oxygen atoms in total. The molecule has 0 aromatic heterocycles. The first-order valence-corrected chi connectivity index (χ1v) is 9.25. The number of nitrogens with zero attached hydrogens (tertiary/aromatic N) is 1. The second-order valence-corrected chi connectivity index (χ2v) is 7.20. The molecule has 11 N–H and O–H groups in total. The lowest BCUT2D eigenvalue weighted by molar-refractivity contribution is -0.132. The maximum Gasteiger partial charge on any atom is 0.111 e. The second kappa shape index (κ2) is 12.3. The van der Waals surface area contributed by atoms with Crippen molar-refractivity contribution in [3.63, 3.8) is 0 Å². The Morgan fingerprint density at radius 1 is 0.679 bits per heavy atom. The minimum Gasteiger partial charge on any atom is -0.394 e. The normalized spacial score (nSPS) is 26.5. The van der Waals surface area contributed by atoms with Crippen LogP contribution in [0.1, 0.15) is 6.42 Å². The Hall–Kier alpha value is -0.480. The smallest absolute Gasteiger partial charge is 0.111 e. The number of aliphatic hydroxyl groups is 10. The van der Waals surface area contributed by atoms with E-state index in [2.05, 4.69) is 5.32 Å². The predicted octanol–water partition coefficient (Wildman–Crippen LogP) is -6.48. The molecule has 9 atom stereocenters. The molecule has 1 aliphatic heterocycles. The summed E-state index contributed by atoms with van der Waals surface area (Å²) in [6.45, 7) is -0.948. The van der Waals surface area contributed by atoms with Crippen LogP contribution in [-0.4, -0.2) is 150 Å². The molecule has 168 valence electrons. The first-order chi connectivity index (χ1) is 13.1. The maximum absolute atomic E-state index is 10.2. The average molecular weight is 414 g/mol. The van der Waals surface area contributed by atoms with E-state index >= 15 is 0 Å². The van der Waals surface area contributed by atoms with Crippen molar-refractivity contribution < 1.29 is 51.1 Å². The largest absolute Gasteiger partial charge is 0.394 e. The van der Waals surface area contributed by atoms with Crippen molar-refractivity contribution in [2.75, 3.05) is 39.4 Å². The Labute approximate surface area is 162 Å². The minimum atomic E-state index is -1.79. The van der Waals surface area contributed by atoms with Crippen molar-refractivity contribution in [3.05, 3.63) is 0 Å². The molecule has 1 rings (SSSR count). The number of aliphatic hydroxyl groups excluding tert-OH is 10. The first-order valence-electron chi connectivity index (χ1n) is 9.25. The molecule has 0 aromatic carbocycles. The van der Waals surface area contributed by atoms with Gasteiger partial charge >= 0.3 is 0 Å². The van der Waals surface area contributed by atoms with Crippen LogP contribution >= 0.6 is 0 Å². The van der Waals surface area contributed by atoms with Crippen molar-refractivity contribution in [1.82, 2.24) is 10.2 Å². The first kappa shape index (κ1) is 25.6. The molecular weight excluding hydrogens is 380 g/mol. The average Bonchev–Trinajstić information content (AvgIpc) is 3.24. The van der Waals surface area contributed by atoms with E-state index in [9.17, 15) is 40.9 Å². The molecule has 0 saturated carbocycles. The lowest BCUT2D eigenvalue weighted by Crippen LogP contribution is -2.55. The van der Waals surface area contributed by atoms with E-state index in [-0.39, 0.29) is 19.1 Å². The quantitative estimate of drug-likeness (QED) is 0.136. The van der Waals surface area contributed by atoms with Crippen molar-refractivity contribution in [2.45, 2.75) is 61.3 Å². The highest BCUT2D eigenvalue weighted by Crippen LogP contribution is 2.15. The van der Waals surface area contributed by atoms with Crippen LogP contribution in [0.15, 0.2) is 0 Å². The van der Waals surface area contributed by atoms with Gasteiger partial charge in [-0.2, -0.15) is 0 Å². The minimum absolute atomic E-state index is 0.191. The SMILES string of the molecule is OC[C@@H](O)[C@@H](O)[C@H](O)[C@@H](O)CN(C[C@H](O)[C@@H](O)[C@H](O)[C@H](O)CO)[C@@H]1CCNC1. The lowest BCUT2D eigenvalue weighted by atomic mass is 10.00. The summed E-state index contributed by atoms with van der Waals surface area (Å²) in [6, 6.07) is -0.191. The second-order valence-electron chi connectivity index (χ2n) is 7.20. The predicted molar refractivity (Wildman–Crippen MR) is 95.1 cm³/mol. The third-order valence-corrected chi connectivity index (χ3v) is 5.04. The van der Waals surface area contributed by atoms with Crippen molar-refractivity contribution >= 4 is 0 Å². The molecule has 0 radical (unpaired) electrons. The van der Waals surface area contributed by atoms with Crippen LogP contribution in [0.2, 0.25) is 0 Å². The highest BCUT2D eigenvalue weighted by molar-refractivity contribution is 4.90. The molecule has 1 aliphatic rings. The van der Waals surface area contributed by atoms with Gasteiger partial charge in [-0.25, -0.2) is 0 Å². The Balaban J connectivity index is 2.78. The fraction of sp³-hybridized carbons (Fsp3) is 1.00. The fourth-order valence-electron chi connectivity index (χ4n) is 3.15. The van der Waals surface area contributed by atoms with E-state index in [1.165, 1.54) is 4.90 Å². The summed E-state index contributed by atoms with van der Waals surface area (Å²) in [6.07, 6.45) is -12.9. The van der Waals surface area contributed by atoms with Gasteiger partial charge in [0.1, 0.15) is 36.6 Å². The van der Waals surface area contributed by atoms with Gasteiger partial charge in [-0.05, 0) is 13.0 Å². The third-order valence-electron chi connectivity index (χ3n) is 5.04. The number of hydrogen-bond acceptors (Lipinski definition) is 12. The van der Waals surface area contributed by atoms with E-state index < -0.39 is 62.0 Å². The molecular formula is C16H34N2O10. The van der Waals surface area contributed by atoms with Crippen LogP contribution in [0.3, 0.4) is 0 Å². The third kappa shape index (κ3) is 7.09. The van der Waals surface area contributed by atoms with Crippen molar-refractivity contribution in [2.24, 2.45) is 0 Å². The summed E-state index contributed by atoms with van der Waals surface area (Å²) in [7, 11) is 0. The topological polar surface area (TPSA) is 218 Å². The van der Waals surface area contributed by atoms with Gasteiger partial charge in [-0.3, -0.25) is 4.90 Å². The van der Waals surface area contributed by atoms with Crippen LogP contribution in [0.25, 0.3) is 0 Å². The van der Waals surface area contributed by atoms with E-state index in [1.54, 1.807) is 0 Å². The van der Waals surface area contributed by atoms with Gasteiger partial charge in [0.15, 0.2) is 0 Å².